The van der Waals surface area contributed by atoms with Crippen LogP contribution in [-0.2, 0) is 42.5 Å². The van der Waals surface area contributed by atoms with E-state index in [1.807, 2.05) is 68.6 Å². The molecule has 0 amide bonds. The van der Waals surface area contributed by atoms with Crippen molar-refractivity contribution in [2.75, 3.05) is 31.5 Å². The molecule has 3 aromatic carbocycles. The molecule has 10 rings (SSSR count). The highest BCUT2D eigenvalue weighted by Gasteiger charge is 2.20. The van der Waals surface area contributed by atoms with Crippen LogP contribution in [0.25, 0.3) is 79.6 Å². The molecule has 1 atom stereocenters. The van der Waals surface area contributed by atoms with Crippen molar-refractivity contribution in [3.63, 3.8) is 0 Å². The first-order chi connectivity index (χ1) is 37.9. The van der Waals surface area contributed by atoms with Crippen molar-refractivity contribution in [1.29, 1.82) is 0 Å². The third kappa shape index (κ3) is 12.6. The maximum Gasteiger partial charge on any atom is 0.365 e. The maximum absolute atomic E-state index is 12.5. The summed E-state index contributed by atoms with van der Waals surface area (Å²) in [6.07, 6.45) is 2.97. The van der Waals surface area contributed by atoms with E-state index in [1.165, 1.54) is 13.3 Å². The van der Waals surface area contributed by atoms with Gasteiger partial charge in [-0.1, -0.05) is 52.6 Å². The van der Waals surface area contributed by atoms with E-state index in [-0.39, 0.29) is 33.7 Å². The van der Waals surface area contributed by atoms with Crippen LogP contribution in [0, 0.1) is 0 Å². The number of nitrogens with one attached hydrogen (secondary N) is 3. The number of aryl methyl sites for hydroxylation is 2. The molecule has 4 N–H and O–H groups in total. The Hall–Kier alpha value is -9.01. The number of benzene rings is 3. The summed E-state index contributed by atoms with van der Waals surface area (Å²) >= 11 is 2.97. The molecule has 0 saturated carbocycles. The fourth-order valence-corrected chi connectivity index (χ4v) is 9.54. The third-order valence-electron chi connectivity index (χ3n) is 11.6. The Morgan fingerprint density at radius 1 is 0.667 bits per heavy atom. The number of furan rings is 3. The van der Waals surface area contributed by atoms with E-state index in [1.54, 1.807) is 37.4 Å². The standard InChI is InChI=1S/C52H45N11O12S3/c1-28(70-35-7-5-6-29(23-35)38-14-17-41(71-38)47-54-50(60-57-47)76-25-44(64)65)8-11-34-22-32-20-30(9-12-36(32)63(34)2)39-15-18-42(72-39)48-55-51(61-58-48)77-26-45(66)74-75-46(67)27-78-52-56-49(59-62-52)43-19-16-40(73-43)31-10-13-37(68-3)33(21-31)24-53-69-4/h5-7,9-10,12-24,28H,8,11,25-27H2,1-4H3,(H,64,65)(H,54,57,60)(H,55,58,61)(H,56,59,62). The molecule has 0 fully saturated rings. The van der Waals surface area contributed by atoms with Crippen LogP contribution in [0.5, 0.6) is 11.5 Å². The number of carbonyl (C=O) groups is 3. The molecule has 0 bridgehead atoms. The smallest absolute Gasteiger partial charge is 0.365 e. The largest absolute Gasteiger partial charge is 0.496 e. The van der Waals surface area contributed by atoms with Gasteiger partial charge in [0.05, 0.1) is 25.2 Å². The lowest BCUT2D eigenvalue weighted by Crippen LogP contribution is -2.14. The summed E-state index contributed by atoms with van der Waals surface area (Å²) in [6, 6.07) is 32.2. The van der Waals surface area contributed by atoms with Gasteiger partial charge in [0, 0.05) is 45.9 Å². The third-order valence-corrected chi connectivity index (χ3v) is 14.1. The Labute approximate surface area is 454 Å². The number of aromatic amines is 3. The maximum atomic E-state index is 12.5. The topological polar surface area (TPSA) is 299 Å². The SMILES string of the molecule is CON=Cc1cc(-c2ccc(-c3nc(SCC(=O)OOC(=O)CSc4n[nH]c(-c5ccc(-c6ccc7c(c6)cc(CCC(C)Oc6cccc(-c8ccc(-c9nc(SCC(=O)O)n[nH]9)o8)c6)n7C)o5)n4)n[nH]3)o2)ccc1OC. The molecular formula is C52H45N11O12S3. The number of carboxylic acids is 1. The predicted octanol–water partition coefficient (Wildman–Crippen LogP) is 9.77. The summed E-state index contributed by atoms with van der Waals surface area (Å²) < 4.78 is 32.2. The average Bonchev–Trinajstić information content (AvgIpc) is 4.37. The van der Waals surface area contributed by atoms with Crippen molar-refractivity contribution >= 4 is 70.3 Å². The van der Waals surface area contributed by atoms with E-state index < -0.39 is 17.9 Å². The quantitative estimate of drug-likeness (QED) is 0.0200. The van der Waals surface area contributed by atoms with E-state index in [4.69, 9.17) is 42.4 Å². The number of H-pyrrole nitrogens is 3. The second-order valence-electron chi connectivity index (χ2n) is 16.9. The minimum atomic E-state index is -0.950. The van der Waals surface area contributed by atoms with E-state index >= 15 is 0 Å². The summed E-state index contributed by atoms with van der Waals surface area (Å²) in [4.78, 5) is 63.2. The Morgan fingerprint density at radius 2 is 1.19 bits per heavy atom. The number of carboxylic acid groups (broad SMARTS) is 1. The molecule has 78 heavy (non-hydrogen) atoms. The van der Waals surface area contributed by atoms with Crippen molar-refractivity contribution in [1.82, 2.24) is 50.1 Å². The summed E-state index contributed by atoms with van der Waals surface area (Å²) in [5.41, 5.74) is 5.38. The highest BCUT2D eigenvalue weighted by atomic mass is 32.2. The lowest BCUT2D eigenvalue weighted by Gasteiger charge is -2.15. The molecule has 26 heteroatoms. The van der Waals surface area contributed by atoms with Gasteiger partial charge in [-0.3, -0.25) is 20.1 Å². The average molecular weight is 1110 g/mol. The van der Waals surface area contributed by atoms with Crippen molar-refractivity contribution in [3.05, 3.63) is 114 Å². The van der Waals surface area contributed by atoms with Gasteiger partial charge in [0.1, 0.15) is 47.4 Å². The van der Waals surface area contributed by atoms with Crippen LogP contribution >= 0.6 is 35.3 Å². The molecule has 0 aliphatic rings. The Kier molecular flexibility index (Phi) is 16.1. The van der Waals surface area contributed by atoms with Gasteiger partial charge in [-0.05, 0) is 111 Å². The molecule has 7 heterocycles. The summed E-state index contributed by atoms with van der Waals surface area (Å²) in [7, 11) is 5.06. The first-order valence-corrected chi connectivity index (χ1v) is 26.6. The van der Waals surface area contributed by atoms with E-state index in [9.17, 15) is 14.4 Å². The lowest BCUT2D eigenvalue weighted by molar-refractivity contribution is -0.254. The highest BCUT2D eigenvalue weighted by molar-refractivity contribution is 8.00. The van der Waals surface area contributed by atoms with Crippen LogP contribution < -0.4 is 9.47 Å². The van der Waals surface area contributed by atoms with Gasteiger partial charge >= 0.3 is 17.9 Å². The van der Waals surface area contributed by atoms with E-state index in [0.717, 1.165) is 81.4 Å². The zero-order valence-electron chi connectivity index (χ0n) is 41.7. The number of methoxy groups -OCH3 is 1. The van der Waals surface area contributed by atoms with Crippen LogP contribution in [-0.4, -0.2) is 117 Å². The number of hydrogen-bond acceptors (Lipinski definition) is 21. The fourth-order valence-electron chi connectivity index (χ4n) is 7.90. The summed E-state index contributed by atoms with van der Waals surface area (Å²) in [6.45, 7) is 2.04. The van der Waals surface area contributed by atoms with Gasteiger partial charge in [-0.25, -0.2) is 19.4 Å². The molecule has 7 aromatic heterocycles. The van der Waals surface area contributed by atoms with Gasteiger partial charge in [0.15, 0.2) is 34.8 Å². The Balaban J connectivity index is 0.661. The van der Waals surface area contributed by atoms with E-state index in [2.05, 4.69) is 73.5 Å². The van der Waals surface area contributed by atoms with Gasteiger partial charge < -0.3 is 37.2 Å². The molecule has 0 aliphatic carbocycles. The zero-order chi connectivity index (χ0) is 54.1. The number of aromatic nitrogens is 10. The number of oxime groups is 1. The van der Waals surface area contributed by atoms with Gasteiger partial charge in [-0.15, -0.1) is 15.3 Å². The second kappa shape index (κ2) is 23.9. The molecule has 10 aromatic rings. The Bertz CT molecular complexity index is 3780. The molecule has 0 saturated heterocycles. The zero-order valence-corrected chi connectivity index (χ0v) is 44.2. The number of carbonyl (C=O) groups excluding carboxylic acids is 2. The van der Waals surface area contributed by atoms with Crippen molar-refractivity contribution < 1.29 is 56.8 Å². The van der Waals surface area contributed by atoms with Gasteiger partial charge in [0.25, 0.3) is 0 Å². The number of hydrogen-bond donors (Lipinski definition) is 4. The van der Waals surface area contributed by atoms with Crippen LogP contribution in [0.2, 0.25) is 0 Å². The second-order valence-corrected chi connectivity index (χ2v) is 19.7. The van der Waals surface area contributed by atoms with Crippen molar-refractivity contribution in [3.8, 4) is 80.2 Å². The first kappa shape index (κ1) is 52.4. The number of aliphatic carboxylic acids is 1. The number of ether oxygens (including phenoxy) is 2. The minimum Gasteiger partial charge on any atom is -0.496 e. The van der Waals surface area contributed by atoms with Gasteiger partial charge in [0.2, 0.25) is 15.5 Å². The molecule has 1 unspecified atom stereocenters. The van der Waals surface area contributed by atoms with Crippen LogP contribution in [0.1, 0.15) is 24.6 Å². The number of rotatable bonds is 23. The summed E-state index contributed by atoms with van der Waals surface area (Å²) in [5, 5.41) is 35.4. The van der Waals surface area contributed by atoms with Gasteiger partial charge in [-0.2, -0.15) is 15.0 Å². The first-order valence-electron chi connectivity index (χ1n) is 23.6. The van der Waals surface area contributed by atoms with Crippen molar-refractivity contribution in [2.24, 2.45) is 12.2 Å². The monoisotopic (exact) mass is 1110 g/mol. The number of nitrogens with zero attached hydrogens (tertiary/aromatic N) is 8. The van der Waals surface area contributed by atoms with E-state index in [0.29, 0.717) is 74.3 Å². The number of thioether (sulfide) groups is 3. The molecule has 0 aliphatic heterocycles. The van der Waals surface area contributed by atoms with Crippen LogP contribution in [0.4, 0.5) is 0 Å². The highest BCUT2D eigenvalue weighted by Crippen LogP contribution is 2.34. The normalized spacial score (nSPS) is 11.8. The lowest BCUT2D eigenvalue weighted by atomic mass is 10.1. The predicted molar refractivity (Wildman–Crippen MR) is 287 cm³/mol. The molecule has 23 nitrogen and oxygen atoms in total. The molecular weight excluding hydrogens is 1070 g/mol. The Morgan fingerprint density at radius 3 is 1.74 bits per heavy atom. The van der Waals surface area contributed by atoms with Crippen LogP contribution in [0.15, 0.2) is 137 Å². The number of fused-ring (bicyclic) bond motifs is 1. The van der Waals surface area contributed by atoms with Crippen molar-refractivity contribution in [2.45, 2.75) is 41.3 Å². The molecule has 0 radical (unpaired) electrons. The molecule has 0 spiro atoms. The summed E-state index contributed by atoms with van der Waals surface area (Å²) in [5.74, 6) is 2.35. The minimum absolute atomic E-state index is 0.0961. The molecule has 398 valence electrons. The van der Waals surface area contributed by atoms with Crippen LogP contribution in [0.3, 0.4) is 0 Å². The fraction of sp³-hybridized carbons (Fsp3) is 0.192.